The van der Waals surface area contributed by atoms with Crippen molar-refractivity contribution in [2.45, 2.75) is 51.5 Å². The topological polar surface area (TPSA) is 93.0 Å². The van der Waals surface area contributed by atoms with E-state index in [-0.39, 0.29) is 24.1 Å². The van der Waals surface area contributed by atoms with Crippen LogP contribution < -0.4 is 5.32 Å². The number of hydrogen-bond donors (Lipinski definition) is 1. The highest BCUT2D eigenvalue weighted by atomic mass is 19.1. The lowest BCUT2D eigenvalue weighted by atomic mass is 10.0. The predicted molar refractivity (Wildman–Crippen MR) is 104 cm³/mol. The zero-order chi connectivity index (χ0) is 20.6. The molecular formula is C20H27FN6O2. The Balaban J connectivity index is 1.58. The standard InChI is InChI=1S/C20H27FN6O2/c1-15-23-24-25-27(15)18(14-16-7-5-8-17(21)13-16)20(29)22-10-6-12-26-11-4-2-3-9-19(26)28/h5,7-8,13,18H,2-4,6,9-12,14H2,1H3,(H,22,29)/t18-/m0/s1. The van der Waals surface area contributed by atoms with Gasteiger partial charge in [-0.25, -0.2) is 9.07 Å². The van der Waals surface area contributed by atoms with E-state index in [0.717, 1.165) is 25.8 Å². The molecule has 1 saturated heterocycles. The first kappa shape index (κ1) is 20.9. The van der Waals surface area contributed by atoms with Crippen molar-refractivity contribution < 1.29 is 14.0 Å². The number of likely N-dealkylation sites (tertiary alicyclic amines) is 1. The van der Waals surface area contributed by atoms with Gasteiger partial charge >= 0.3 is 0 Å². The summed E-state index contributed by atoms with van der Waals surface area (Å²) in [5.41, 5.74) is 0.690. The Labute approximate surface area is 169 Å². The van der Waals surface area contributed by atoms with Crippen molar-refractivity contribution in [2.75, 3.05) is 19.6 Å². The number of tetrazole rings is 1. The minimum absolute atomic E-state index is 0.196. The molecule has 29 heavy (non-hydrogen) atoms. The molecule has 0 spiro atoms. The van der Waals surface area contributed by atoms with Gasteiger partial charge in [-0.3, -0.25) is 9.59 Å². The van der Waals surface area contributed by atoms with Crippen LogP contribution >= 0.6 is 0 Å². The lowest BCUT2D eigenvalue weighted by Gasteiger charge is -2.21. The molecule has 1 N–H and O–H groups in total. The number of carbonyl (C=O) groups is 2. The summed E-state index contributed by atoms with van der Waals surface area (Å²) in [6.07, 6.45) is 4.65. The van der Waals surface area contributed by atoms with E-state index in [1.54, 1.807) is 19.1 Å². The summed E-state index contributed by atoms with van der Waals surface area (Å²) in [6, 6.07) is 5.49. The molecule has 2 amide bonds. The van der Waals surface area contributed by atoms with Gasteiger partial charge in [-0.1, -0.05) is 18.6 Å². The maximum absolute atomic E-state index is 13.5. The van der Waals surface area contributed by atoms with Crippen molar-refractivity contribution >= 4 is 11.8 Å². The van der Waals surface area contributed by atoms with Gasteiger partial charge in [0.15, 0.2) is 0 Å². The number of aryl methyl sites for hydroxylation is 1. The summed E-state index contributed by atoms with van der Waals surface area (Å²) in [5, 5.41) is 14.3. The second-order valence-corrected chi connectivity index (χ2v) is 7.36. The van der Waals surface area contributed by atoms with Crippen LogP contribution in [0, 0.1) is 12.7 Å². The molecule has 2 aromatic rings. The van der Waals surface area contributed by atoms with E-state index in [0.29, 0.717) is 37.3 Å². The van der Waals surface area contributed by atoms with Crippen LogP contribution in [0.25, 0.3) is 0 Å². The fourth-order valence-electron chi connectivity index (χ4n) is 3.58. The van der Waals surface area contributed by atoms with Gasteiger partial charge in [0.05, 0.1) is 0 Å². The first-order valence-electron chi connectivity index (χ1n) is 10.1. The molecule has 2 heterocycles. The lowest BCUT2D eigenvalue weighted by molar-refractivity contribution is -0.130. The first-order valence-corrected chi connectivity index (χ1v) is 10.1. The highest BCUT2D eigenvalue weighted by molar-refractivity contribution is 5.80. The van der Waals surface area contributed by atoms with E-state index in [9.17, 15) is 14.0 Å². The highest BCUT2D eigenvalue weighted by Gasteiger charge is 2.24. The third-order valence-corrected chi connectivity index (χ3v) is 5.15. The molecule has 3 rings (SSSR count). The Morgan fingerprint density at radius 1 is 1.31 bits per heavy atom. The zero-order valence-electron chi connectivity index (χ0n) is 16.7. The molecule has 1 aliphatic heterocycles. The monoisotopic (exact) mass is 402 g/mol. The molecule has 156 valence electrons. The van der Waals surface area contributed by atoms with Gasteiger partial charge in [0, 0.05) is 32.5 Å². The van der Waals surface area contributed by atoms with Gasteiger partial charge in [-0.05, 0) is 54.3 Å². The van der Waals surface area contributed by atoms with Gasteiger partial charge < -0.3 is 10.2 Å². The lowest BCUT2D eigenvalue weighted by Crippen LogP contribution is -2.37. The van der Waals surface area contributed by atoms with Crippen LogP contribution in [0.15, 0.2) is 24.3 Å². The van der Waals surface area contributed by atoms with E-state index in [1.807, 2.05) is 4.90 Å². The van der Waals surface area contributed by atoms with Gasteiger partial charge in [0.25, 0.3) is 0 Å². The van der Waals surface area contributed by atoms with Crippen LogP contribution in [0.4, 0.5) is 4.39 Å². The van der Waals surface area contributed by atoms with Crippen molar-refractivity contribution in [1.29, 1.82) is 0 Å². The molecule has 0 saturated carbocycles. The van der Waals surface area contributed by atoms with E-state index in [2.05, 4.69) is 20.8 Å². The minimum Gasteiger partial charge on any atom is -0.354 e. The van der Waals surface area contributed by atoms with Crippen molar-refractivity contribution in [1.82, 2.24) is 30.4 Å². The molecule has 0 aliphatic carbocycles. The van der Waals surface area contributed by atoms with E-state index >= 15 is 0 Å². The van der Waals surface area contributed by atoms with Crippen molar-refractivity contribution in [3.63, 3.8) is 0 Å². The van der Waals surface area contributed by atoms with E-state index < -0.39 is 6.04 Å². The van der Waals surface area contributed by atoms with E-state index in [4.69, 9.17) is 0 Å². The van der Waals surface area contributed by atoms with Gasteiger partial charge in [0.2, 0.25) is 11.8 Å². The van der Waals surface area contributed by atoms with Crippen LogP contribution in [-0.4, -0.2) is 56.6 Å². The van der Waals surface area contributed by atoms with Gasteiger partial charge in [-0.2, -0.15) is 0 Å². The SMILES string of the molecule is Cc1nnnn1[C@@H](Cc1cccc(F)c1)C(=O)NCCCN1CCCCCC1=O. The Morgan fingerprint density at radius 3 is 2.93 bits per heavy atom. The third-order valence-electron chi connectivity index (χ3n) is 5.15. The fraction of sp³-hybridized carbons (Fsp3) is 0.550. The number of rotatable bonds is 8. The number of aromatic nitrogens is 4. The maximum atomic E-state index is 13.5. The second-order valence-electron chi connectivity index (χ2n) is 7.36. The molecule has 1 aromatic heterocycles. The largest absolute Gasteiger partial charge is 0.354 e. The normalized spacial score (nSPS) is 15.8. The molecule has 1 fully saturated rings. The molecule has 0 unspecified atom stereocenters. The Hall–Kier alpha value is -2.84. The summed E-state index contributed by atoms with van der Waals surface area (Å²) in [4.78, 5) is 26.8. The smallest absolute Gasteiger partial charge is 0.245 e. The molecule has 1 aliphatic rings. The van der Waals surface area contributed by atoms with Crippen molar-refractivity contribution in [3.8, 4) is 0 Å². The number of amides is 2. The summed E-state index contributed by atoms with van der Waals surface area (Å²) >= 11 is 0. The summed E-state index contributed by atoms with van der Waals surface area (Å²) in [5.74, 6) is 0.128. The molecule has 1 aromatic carbocycles. The summed E-state index contributed by atoms with van der Waals surface area (Å²) in [7, 11) is 0. The van der Waals surface area contributed by atoms with E-state index in [1.165, 1.54) is 16.8 Å². The second kappa shape index (κ2) is 10.1. The Morgan fingerprint density at radius 2 is 2.17 bits per heavy atom. The number of hydrogen-bond acceptors (Lipinski definition) is 5. The Kier molecular flexibility index (Phi) is 7.26. The van der Waals surface area contributed by atoms with Crippen LogP contribution in [0.2, 0.25) is 0 Å². The quantitative estimate of drug-likeness (QED) is 0.680. The van der Waals surface area contributed by atoms with Crippen molar-refractivity contribution in [2.24, 2.45) is 0 Å². The molecule has 0 radical (unpaired) electrons. The third kappa shape index (κ3) is 5.82. The number of nitrogens with one attached hydrogen (secondary N) is 1. The number of nitrogens with zero attached hydrogens (tertiary/aromatic N) is 5. The van der Waals surface area contributed by atoms with Crippen LogP contribution in [0.1, 0.15) is 49.5 Å². The first-order chi connectivity index (χ1) is 14.0. The minimum atomic E-state index is -0.674. The van der Waals surface area contributed by atoms with Crippen molar-refractivity contribution in [3.05, 3.63) is 41.5 Å². The average Bonchev–Trinajstić information content (AvgIpc) is 3.01. The molecule has 1 atom stereocenters. The highest BCUT2D eigenvalue weighted by Crippen LogP contribution is 2.16. The average molecular weight is 402 g/mol. The predicted octanol–water partition coefficient (Wildman–Crippen LogP) is 1.81. The zero-order valence-corrected chi connectivity index (χ0v) is 16.7. The molecule has 0 bridgehead atoms. The Bertz CT molecular complexity index is 840. The number of benzene rings is 1. The fourth-order valence-corrected chi connectivity index (χ4v) is 3.58. The van der Waals surface area contributed by atoms with Crippen LogP contribution in [-0.2, 0) is 16.0 Å². The van der Waals surface area contributed by atoms with Crippen LogP contribution in [0.5, 0.6) is 0 Å². The number of halogens is 1. The summed E-state index contributed by atoms with van der Waals surface area (Å²) in [6.45, 7) is 3.59. The molecule has 8 nitrogen and oxygen atoms in total. The van der Waals surface area contributed by atoms with Gasteiger partial charge in [0.1, 0.15) is 17.7 Å². The van der Waals surface area contributed by atoms with Crippen LogP contribution in [0.3, 0.4) is 0 Å². The molecular weight excluding hydrogens is 375 g/mol. The molecule has 9 heteroatoms. The summed E-state index contributed by atoms with van der Waals surface area (Å²) < 4.78 is 15.0. The van der Waals surface area contributed by atoms with Gasteiger partial charge in [-0.15, -0.1) is 5.10 Å². The number of carbonyl (C=O) groups excluding carboxylic acids is 2. The maximum Gasteiger partial charge on any atom is 0.245 e.